The molecule has 17 aromatic carbocycles. The molecule has 0 saturated heterocycles. The Morgan fingerprint density at radius 2 is 0.556 bits per heavy atom. The summed E-state index contributed by atoms with van der Waals surface area (Å²) in [7, 11) is 0. The first-order valence-corrected chi connectivity index (χ1v) is 33.9. The zero-order valence-corrected chi connectivity index (χ0v) is 53.8. The van der Waals surface area contributed by atoms with Gasteiger partial charge in [-0.3, -0.25) is 14.5 Å². The van der Waals surface area contributed by atoms with Gasteiger partial charge in [0.15, 0.2) is 0 Å². The van der Waals surface area contributed by atoms with Crippen LogP contribution >= 0.6 is 0 Å². The molecule has 0 aliphatic heterocycles. The summed E-state index contributed by atoms with van der Waals surface area (Å²) >= 11 is 0. The maximum atomic E-state index is 5.37. The van der Waals surface area contributed by atoms with Crippen molar-refractivity contribution in [1.82, 2.24) is 19.5 Å². The maximum absolute atomic E-state index is 5.37. The van der Waals surface area contributed by atoms with Crippen LogP contribution in [0.4, 0.5) is 0 Å². The highest BCUT2D eigenvalue weighted by molar-refractivity contribution is 6.24. The van der Waals surface area contributed by atoms with Crippen LogP contribution in [0.15, 0.2) is 352 Å². The lowest BCUT2D eigenvalue weighted by Gasteiger charge is -2.19. The van der Waals surface area contributed by atoms with Crippen molar-refractivity contribution in [2.75, 3.05) is 0 Å². The van der Waals surface area contributed by atoms with Crippen molar-refractivity contribution in [3.05, 3.63) is 352 Å². The zero-order chi connectivity index (χ0) is 65.1. The lowest BCUT2D eigenvalue weighted by atomic mass is 9.84. The Balaban J connectivity index is 0.687. The second-order valence-electron chi connectivity index (χ2n) is 26.2. The van der Waals surface area contributed by atoms with Crippen LogP contribution < -0.4 is 0 Å². The van der Waals surface area contributed by atoms with Crippen molar-refractivity contribution >= 4 is 108 Å². The topological polar surface area (TPSA) is 43.6 Å². The van der Waals surface area contributed by atoms with Gasteiger partial charge < -0.3 is 0 Å². The van der Waals surface area contributed by atoms with Crippen LogP contribution in [-0.4, -0.2) is 19.5 Å². The number of hydrogen-bond acceptors (Lipinski definition) is 3. The van der Waals surface area contributed by atoms with Crippen molar-refractivity contribution in [3.8, 4) is 95.1 Å². The van der Waals surface area contributed by atoms with E-state index in [1.807, 2.05) is 24.5 Å². The van der Waals surface area contributed by atoms with Gasteiger partial charge in [0.2, 0.25) is 0 Å². The molecule has 458 valence electrons. The number of nitrogens with zero attached hydrogens (tertiary/aromatic N) is 4. The van der Waals surface area contributed by atoms with Crippen LogP contribution in [0.3, 0.4) is 0 Å². The largest absolute Gasteiger partial charge is 0.292 e. The number of para-hydroxylation sites is 4. The molecule has 0 aliphatic rings. The van der Waals surface area contributed by atoms with Gasteiger partial charge in [0.05, 0.1) is 22.2 Å². The molecule has 0 atom stereocenters. The Kier molecular flexibility index (Phi) is 12.9. The molecule has 0 aliphatic carbocycles. The molecule has 3 aromatic heterocycles. The summed E-state index contributed by atoms with van der Waals surface area (Å²) in [5.41, 5.74) is 21.1. The first-order valence-electron chi connectivity index (χ1n) is 33.9. The van der Waals surface area contributed by atoms with Gasteiger partial charge in [-0.15, -0.1) is 0 Å². The van der Waals surface area contributed by atoms with Crippen molar-refractivity contribution in [3.63, 3.8) is 0 Å². The van der Waals surface area contributed by atoms with E-state index in [2.05, 4.69) is 332 Å². The monoisotopic (exact) mass is 1250 g/mol. The highest BCUT2D eigenvalue weighted by Gasteiger charge is 2.23. The Morgan fingerprint density at radius 3 is 1.09 bits per heavy atom. The van der Waals surface area contributed by atoms with Gasteiger partial charge in [0.25, 0.3) is 0 Å². The average molecular weight is 1260 g/mol. The van der Waals surface area contributed by atoms with Crippen LogP contribution in [-0.2, 0) is 0 Å². The van der Waals surface area contributed by atoms with Crippen LogP contribution in [0.2, 0.25) is 0 Å². The lowest BCUT2D eigenvalue weighted by molar-refractivity contribution is 1.10. The fraction of sp³-hybridized carbons (Fsp3) is 0. The molecule has 20 aromatic rings. The van der Waals surface area contributed by atoms with E-state index in [4.69, 9.17) is 15.0 Å². The molecule has 99 heavy (non-hydrogen) atoms. The summed E-state index contributed by atoms with van der Waals surface area (Å²) in [6.45, 7) is 0. The molecule has 4 nitrogen and oxygen atoms in total. The summed E-state index contributed by atoms with van der Waals surface area (Å²) in [5, 5.41) is 20.4. The summed E-state index contributed by atoms with van der Waals surface area (Å²) in [6.07, 6.45) is 3.93. The smallest absolute Gasteiger partial charge is 0.145 e. The SMILES string of the molecule is c1ccc(-n2c(-c3ccc4c(-c5ccc6ccccc6c5)c5ccccc5c(-c5ccc6cc(-c7ccc8cc(-c9c%10ccccc%10c(-c%10ccc%11ccccc%11c%10)c%10cc(-c%11ccc(-c%12cnc%13ccccc%13c%12)nc%11)ccc9%10)ccc8c7)ccc6c5)c4c3)nc3ccccc32)cc1. The van der Waals surface area contributed by atoms with E-state index < -0.39 is 0 Å². The standard InChI is InChI=1S/C95H58N4/c1-2-21-78(22-3-1)99-90-29-15-14-28-89(90)98-95(99)75-43-46-84-86(56-75)94(82-26-12-10-24-80(82)91(84)71-38-30-59-16-4-6-18-61(59)50-71)74-41-37-66-49-64(33-35-68(66)53-74)63-32-34-67-52-72(40-36-65(67)48-63)92-79-23-9-11-25-81(79)93(73-39-31-60-17-5-7-19-62(60)51-73)85-55-69(42-45-83(85)92)76-44-47-88(96-57-76)77-54-70-20-8-13-27-87(70)97-58-77/h1-58H. The van der Waals surface area contributed by atoms with E-state index in [-0.39, 0.29) is 0 Å². The molecule has 0 bridgehead atoms. The molecule has 0 unspecified atom stereocenters. The molecule has 0 N–H and O–H groups in total. The molecule has 20 rings (SSSR count). The van der Waals surface area contributed by atoms with E-state index in [0.717, 1.165) is 61.4 Å². The second-order valence-corrected chi connectivity index (χ2v) is 26.2. The Bertz CT molecular complexity index is 6720. The molecular formula is C95H58N4. The van der Waals surface area contributed by atoms with Crippen molar-refractivity contribution in [1.29, 1.82) is 0 Å². The summed E-state index contributed by atoms with van der Waals surface area (Å²) in [5.74, 6) is 0.906. The van der Waals surface area contributed by atoms with E-state index in [0.29, 0.717) is 0 Å². The molecular weight excluding hydrogens is 1200 g/mol. The van der Waals surface area contributed by atoms with E-state index in [1.54, 1.807) is 0 Å². The molecule has 0 spiro atoms. The number of aromatic nitrogens is 4. The van der Waals surface area contributed by atoms with Gasteiger partial charge in [0.1, 0.15) is 5.82 Å². The molecule has 0 radical (unpaired) electrons. The minimum Gasteiger partial charge on any atom is -0.292 e. The number of rotatable bonds is 9. The van der Waals surface area contributed by atoms with Gasteiger partial charge in [-0.1, -0.05) is 249 Å². The highest BCUT2D eigenvalue weighted by Crippen LogP contribution is 2.49. The number of hydrogen-bond donors (Lipinski definition) is 0. The van der Waals surface area contributed by atoms with Crippen molar-refractivity contribution < 1.29 is 0 Å². The van der Waals surface area contributed by atoms with Crippen molar-refractivity contribution in [2.24, 2.45) is 0 Å². The first-order chi connectivity index (χ1) is 49.0. The summed E-state index contributed by atoms with van der Waals surface area (Å²) in [6, 6.07) is 125. The Hall–Kier alpha value is -13.2. The number of fused-ring (bicyclic) bond motifs is 10. The third-order valence-corrected chi connectivity index (χ3v) is 20.5. The van der Waals surface area contributed by atoms with E-state index in [1.165, 1.54) is 142 Å². The third kappa shape index (κ3) is 9.48. The Labute approximate surface area is 571 Å². The van der Waals surface area contributed by atoms with Crippen LogP contribution in [0.1, 0.15) is 0 Å². The third-order valence-electron chi connectivity index (χ3n) is 20.5. The predicted molar refractivity (Wildman–Crippen MR) is 418 cm³/mol. The lowest BCUT2D eigenvalue weighted by Crippen LogP contribution is -1.98. The molecule has 0 amide bonds. The zero-order valence-electron chi connectivity index (χ0n) is 53.8. The van der Waals surface area contributed by atoms with Gasteiger partial charge in [-0.2, -0.15) is 0 Å². The summed E-state index contributed by atoms with van der Waals surface area (Å²) < 4.78 is 2.30. The molecule has 0 saturated carbocycles. The number of pyridine rings is 2. The van der Waals surface area contributed by atoms with E-state index >= 15 is 0 Å². The summed E-state index contributed by atoms with van der Waals surface area (Å²) in [4.78, 5) is 15.1. The van der Waals surface area contributed by atoms with Gasteiger partial charge in [-0.25, -0.2) is 4.98 Å². The average Bonchev–Trinajstić information content (AvgIpc) is 1.07. The highest BCUT2D eigenvalue weighted by atomic mass is 15.1. The predicted octanol–water partition coefficient (Wildman–Crippen LogP) is 25.5. The van der Waals surface area contributed by atoms with Gasteiger partial charge in [0, 0.05) is 40.2 Å². The van der Waals surface area contributed by atoms with E-state index in [9.17, 15) is 0 Å². The fourth-order valence-corrected chi connectivity index (χ4v) is 15.8. The number of benzene rings is 17. The first kappa shape index (κ1) is 56.2. The minimum atomic E-state index is 0.895. The van der Waals surface area contributed by atoms with Crippen LogP contribution in [0, 0.1) is 0 Å². The number of imidazole rings is 1. The van der Waals surface area contributed by atoms with Gasteiger partial charge in [-0.05, 0) is 238 Å². The van der Waals surface area contributed by atoms with Crippen LogP contribution in [0.5, 0.6) is 0 Å². The molecule has 3 heterocycles. The fourth-order valence-electron chi connectivity index (χ4n) is 15.8. The maximum Gasteiger partial charge on any atom is 0.145 e. The second kappa shape index (κ2) is 22.8. The normalized spacial score (nSPS) is 11.8. The van der Waals surface area contributed by atoms with Crippen LogP contribution in [0.25, 0.3) is 203 Å². The Morgan fingerprint density at radius 1 is 0.202 bits per heavy atom. The quantitative estimate of drug-likeness (QED) is 0.135. The minimum absolute atomic E-state index is 0.895. The molecule has 0 fully saturated rings. The van der Waals surface area contributed by atoms with Gasteiger partial charge >= 0.3 is 0 Å². The molecule has 4 heteroatoms. The van der Waals surface area contributed by atoms with Crippen molar-refractivity contribution in [2.45, 2.75) is 0 Å².